The number of thioether (sulfide) groups is 1. The molecule has 2 atom stereocenters. The molecule has 2 rings (SSSR count). The van der Waals surface area contributed by atoms with Gasteiger partial charge in [0.05, 0.1) is 5.25 Å². The van der Waals surface area contributed by atoms with E-state index in [-0.39, 0.29) is 22.6 Å². The molecule has 0 saturated carbocycles. The molecule has 0 fully saturated rings. The SMILES string of the molecule is C[C@H](Sc1nncs1)C(=O)N[C@@H](C)CC(C)(C)c1ccccc1. The summed E-state index contributed by atoms with van der Waals surface area (Å²) in [6, 6.07) is 10.5. The number of hydrogen-bond acceptors (Lipinski definition) is 5. The lowest BCUT2D eigenvalue weighted by Gasteiger charge is -2.29. The van der Waals surface area contributed by atoms with Gasteiger partial charge in [-0.1, -0.05) is 67.3 Å². The minimum Gasteiger partial charge on any atom is -0.353 e. The van der Waals surface area contributed by atoms with Crippen LogP contribution in [0.15, 0.2) is 40.2 Å². The average Bonchev–Trinajstić information content (AvgIpc) is 3.00. The lowest BCUT2D eigenvalue weighted by molar-refractivity contribution is -0.121. The molecule has 1 amide bonds. The van der Waals surface area contributed by atoms with Crippen molar-refractivity contribution in [1.82, 2.24) is 15.5 Å². The van der Waals surface area contributed by atoms with Gasteiger partial charge in [0, 0.05) is 6.04 Å². The second-order valence-electron chi connectivity index (χ2n) is 6.33. The second kappa shape index (κ2) is 7.93. The highest BCUT2D eigenvalue weighted by Crippen LogP contribution is 2.29. The highest BCUT2D eigenvalue weighted by Gasteiger charge is 2.25. The zero-order valence-corrected chi connectivity index (χ0v) is 15.6. The fraction of sp³-hybridized carbons (Fsp3) is 0.471. The molecule has 0 radical (unpaired) electrons. The molecule has 0 aliphatic heterocycles. The number of benzene rings is 1. The Morgan fingerprint density at radius 1 is 1.30 bits per heavy atom. The van der Waals surface area contributed by atoms with E-state index < -0.39 is 0 Å². The minimum absolute atomic E-state index is 0.0174. The van der Waals surface area contributed by atoms with Crippen molar-refractivity contribution in [2.75, 3.05) is 0 Å². The van der Waals surface area contributed by atoms with Crippen molar-refractivity contribution in [2.24, 2.45) is 0 Å². The Hall–Kier alpha value is -1.40. The molecular formula is C17H23N3OS2. The Kier molecular flexibility index (Phi) is 6.18. The number of carbonyl (C=O) groups is 1. The number of nitrogens with zero attached hydrogens (tertiary/aromatic N) is 2. The molecule has 1 aromatic heterocycles. The highest BCUT2D eigenvalue weighted by molar-refractivity contribution is 8.02. The third-order valence-electron chi connectivity index (χ3n) is 3.75. The van der Waals surface area contributed by atoms with Gasteiger partial charge in [-0.3, -0.25) is 4.79 Å². The van der Waals surface area contributed by atoms with Crippen molar-refractivity contribution >= 4 is 29.0 Å². The molecule has 0 unspecified atom stereocenters. The summed E-state index contributed by atoms with van der Waals surface area (Å²) in [6.45, 7) is 8.39. The Morgan fingerprint density at radius 2 is 2.00 bits per heavy atom. The summed E-state index contributed by atoms with van der Waals surface area (Å²) in [5.74, 6) is 0.0431. The molecule has 1 N–H and O–H groups in total. The topological polar surface area (TPSA) is 54.9 Å². The van der Waals surface area contributed by atoms with Crippen LogP contribution in [0.2, 0.25) is 0 Å². The maximum atomic E-state index is 12.3. The molecule has 4 nitrogen and oxygen atoms in total. The van der Waals surface area contributed by atoms with Crippen LogP contribution in [0.1, 0.15) is 39.7 Å². The largest absolute Gasteiger partial charge is 0.353 e. The molecule has 2 aromatic rings. The first-order chi connectivity index (χ1) is 10.9. The second-order valence-corrected chi connectivity index (χ2v) is 8.75. The first-order valence-electron chi connectivity index (χ1n) is 7.67. The molecule has 6 heteroatoms. The number of rotatable bonds is 7. The summed E-state index contributed by atoms with van der Waals surface area (Å²) >= 11 is 2.90. The third-order valence-corrected chi connectivity index (χ3v) is 5.66. The van der Waals surface area contributed by atoms with Crippen molar-refractivity contribution in [2.45, 2.75) is 55.2 Å². The smallest absolute Gasteiger partial charge is 0.233 e. The monoisotopic (exact) mass is 349 g/mol. The van der Waals surface area contributed by atoms with E-state index in [1.165, 1.54) is 28.7 Å². The third kappa shape index (κ3) is 5.32. The standard InChI is InChI=1S/C17H23N3OS2/c1-12(10-17(3,4)14-8-6-5-7-9-14)19-15(21)13(2)23-16-20-18-11-22-16/h5-9,11-13H,10H2,1-4H3,(H,19,21)/t12-,13-/m0/s1. The van der Waals surface area contributed by atoms with Gasteiger partial charge in [0.15, 0.2) is 4.34 Å². The maximum Gasteiger partial charge on any atom is 0.233 e. The van der Waals surface area contributed by atoms with Crippen molar-refractivity contribution in [3.63, 3.8) is 0 Å². The number of aromatic nitrogens is 2. The molecular weight excluding hydrogens is 326 g/mol. The van der Waals surface area contributed by atoms with Gasteiger partial charge in [0.25, 0.3) is 0 Å². The Bertz CT molecular complexity index is 614. The Balaban J connectivity index is 1.88. The summed E-state index contributed by atoms with van der Waals surface area (Å²) in [7, 11) is 0. The van der Waals surface area contributed by atoms with Crippen LogP contribution in [0.5, 0.6) is 0 Å². The normalized spacial score (nSPS) is 14.3. The van der Waals surface area contributed by atoms with E-state index in [9.17, 15) is 4.79 Å². The number of carbonyl (C=O) groups excluding carboxylic acids is 1. The van der Waals surface area contributed by atoms with Crippen LogP contribution in [0.3, 0.4) is 0 Å². The predicted octanol–water partition coefficient (Wildman–Crippen LogP) is 3.89. The molecule has 0 bridgehead atoms. The van der Waals surface area contributed by atoms with Gasteiger partial charge in [-0.25, -0.2) is 0 Å². The fourth-order valence-electron chi connectivity index (χ4n) is 2.60. The van der Waals surface area contributed by atoms with Gasteiger partial charge in [0.2, 0.25) is 5.91 Å². The Morgan fingerprint density at radius 3 is 2.61 bits per heavy atom. The van der Waals surface area contributed by atoms with Gasteiger partial charge in [0.1, 0.15) is 5.51 Å². The van der Waals surface area contributed by atoms with E-state index in [0.717, 1.165) is 10.8 Å². The zero-order chi connectivity index (χ0) is 16.9. The molecule has 1 aromatic carbocycles. The van der Waals surface area contributed by atoms with Gasteiger partial charge < -0.3 is 5.32 Å². The van der Waals surface area contributed by atoms with Crippen molar-refractivity contribution in [1.29, 1.82) is 0 Å². The van der Waals surface area contributed by atoms with Crippen LogP contribution in [0.4, 0.5) is 0 Å². The highest BCUT2D eigenvalue weighted by atomic mass is 32.2. The Labute approximate surface area is 146 Å². The first-order valence-corrected chi connectivity index (χ1v) is 9.43. The van der Waals surface area contributed by atoms with Gasteiger partial charge in [-0.2, -0.15) is 0 Å². The van der Waals surface area contributed by atoms with Crippen LogP contribution in [0, 0.1) is 0 Å². The van der Waals surface area contributed by atoms with Crippen LogP contribution >= 0.6 is 23.1 Å². The van der Waals surface area contributed by atoms with Crippen LogP contribution in [-0.4, -0.2) is 27.4 Å². The van der Waals surface area contributed by atoms with E-state index in [1.54, 1.807) is 5.51 Å². The molecule has 0 aliphatic rings. The quantitative estimate of drug-likeness (QED) is 0.771. The summed E-state index contributed by atoms with van der Waals surface area (Å²) in [5.41, 5.74) is 2.99. The van der Waals surface area contributed by atoms with Crippen molar-refractivity contribution in [3.05, 3.63) is 41.4 Å². The average molecular weight is 350 g/mol. The van der Waals surface area contributed by atoms with E-state index in [2.05, 4.69) is 60.6 Å². The maximum absolute atomic E-state index is 12.3. The minimum atomic E-state index is -0.176. The van der Waals surface area contributed by atoms with E-state index in [0.29, 0.717) is 0 Å². The molecule has 23 heavy (non-hydrogen) atoms. The number of amides is 1. The fourth-order valence-corrected chi connectivity index (χ4v) is 4.24. The van der Waals surface area contributed by atoms with Gasteiger partial charge >= 0.3 is 0 Å². The van der Waals surface area contributed by atoms with Crippen LogP contribution < -0.4 is 5.32 Å². The van der Waals surface area contributed by atoms with E-state index in [1.807, 2.05) is 13.0 Å². The summed E-state index contributed by atoms with van der Waals surface area (Å²) in [5, 5.41) is 10.7. The zero-order valence-electron chi connectivity index (χ0n) is 13.9. The lowest BCUT2D eigenvalue weighted by atomic mass is 9.79. The lowest BCUT2D eigenvalue weighted by Crippen LogP contribution is -2.40. The van der Waals surface area contributed by atoms with Crippen molar-refractivity contribution in [3.8, 4) is 0 Å². The van der Waals surface area contributed by atoms with Gasteiger partial charge in [-0.15, -0.1) is 10.2 Å². The van der Waals surface area contributed by atoms with Crippen LogP contribution in [-0.2, 0) is 10.2 Å². The van der Waals surface area contributed by atoms with Gasteiger partial charge in [-0.05, 0) is 31.2 Å². The molecule has 0 saturated heterocycles. The van der Waals surface area contributed by atoms with Crippen LogP contribution in [0.25, 0.3) is 0 Å². The van der Waals surface area contributed by atoms with Crippen molar-refractivity contribution < 1.29 is 4.79 Å². The summed E-state index contributed by atoms with van der Waals surface area (Å²) in [4.78, 5) is 12.3. The molecule has 0 spiro atoms. The molecule has 0 aliphatic carbocycles. The predicted molar refractivity (Wildman–Crippen MR) is 96.9 cm³/mol. The first kappa shape index (κ1) is 17.9. The number of nitrogens with one attached hydrogen (secondary N) is 1. The number of hydrogen-bond donors (Lipinski definition) is 1. The molecule has 1 heterocycles. The molecule has 124 valence electrons. The van der Waals surface area contributed by atoms with E-state index in [4.69, 9.17) is 0 Å². The summed E-state index contributed by atoms with van der Waals surface area (Å²) < 4.78 is 0.824. The summed E-state index contributed by atoms with van der Waals surface area (Å²) in [6.07, 6.45) is 0.888. The van der Waals surface area contributed by atoms with E-state index >= 15 is 0 Å².